The smallest absolute Gasteiger partial charge is 0.534 e. The third-order valence-electron chi connectivity index (χ3n) is 3.69. The van der Waals surface area contributed by atoms with Crippen LogP contribution in [0.2, 0.25) is 0 Å². The van der Waals surface area contributed by atoms with E-state index in [9.17, 15) is 19.4 Å². The number of rotatable bonds is 6. The van der Waals surface area contributed by atoms with Gasteiger partial charge in [0.1, 0.15) is 11.3 Å². The first-order valence-corrected chi connectivity index (χ1v) is 9.22. The molecule has 0 aliphatic carbocycles. The molecule has 0 bridgehead atoms. The first-order valence-electron chi connectivity index (χ1n) is 8.14. The van der Waals surface area contributed by atoms with Gasteiger partial charge in [-0.1, -0.05) is 19.1 Å². The summed E-state index contributed by atoms with van der Waals surface area (Å²) in [5.41, 5.74) is 0.765. The molecule has 1 aromatic rings. The average Bonchev–Trinajstić information content (AvgIpc) is 2.54. The molecule has 1 aromatic carbocycles. The van der Waals surface area contributed by atoms with Crippen LogP contribution < -0.4 is 9.97 Å². The fourth-order valence-corrected chi connectivity index (χ4v) is 2.94. The van der Waals surface area contributed by atoms with E-state index in [-0.39, 0.29) is 17.2 Å². The molecule has 0 saturated carbocycles. The van der Waals surface area contributed by atoms with Gasteiger partial charge in [-0.2, -0.15) is 0 Å². The van der Waals surface area contributed by atoms with Crippen LogP contribution in [-0.2, 0) is 20.7 Å². The summed E-state index contributed by atoms with van der Waals surface area (Å²) in [5, 5.41) is 12.9. The maximum absolute atomic E-state index is 12.3. The van der Waals surface area contributed by atoms with E-state index in [1.807, 2.05) is 6.92 Å². The van der Waals surface area contributed by atoms with Crippen LogP contribution in [0.15, 0.2) is 18.2 Å². The summed E-state index contributed by atoms with van der Waals surface area (Å²) >= 11 is 1.43. The number of carbonyl (C=O) groups is 3. The summed E-state index contributed by atoms with van der Waals surface area (Å²) in [6.07, 6.45) is 0.306. The molecule has 140 valence electrons. The topological polar surface area (TPSA) is 111 Å². The molecule has 1 heterocycles. The van der Waals surface area contributed by atoms with Gasteiger partial charge in [0.05, 0.1) is 28.5 Å². The van der Waals surface area contributed by atoms with E-state index >= 15 is 0 Å². The summed E-state index contributed by atoms with van der Waals surface area (Å²) in [7, 11) is -1.29. The molecule has 1 aliphatic rings. The molecule has 2 N–H and O–H groups in total. The number of amides is 1. The van der Waals surface area contributed by atoms with Crippen LogP contribution in [-0.4, -0.2) is 40.2 Å². The van der Waals surface area contributed by atoms with Crippen molar-refractivity contribution >= 4 is 45.6 Å². The van der Waals surface area contributed by atoms with Crippen molar-refractivity contribution in [2.75, 3.05) is 0 Å². The summed E-state index contributed by atoms with van der Waals surface area (Å²) in [4.78, 5) is 35.0. The quantitative estimate of drug-likeness (QED) is 0.213. The molecule has 0 spiro atoms. The highest BCUT2D eigenvalue weighted by molar-refractivity contribution is 14.1. The molecule has 1 aliphatic heterocycles. The lowest BCUT2D eigenvalue weighted by Gasteiger charge is -2.29. The summed E-state index contributed by atoms with van der Waals surface area (Å²) < 4.78 is 14.7. The Morgan fingerprint density at radius 3 is 2.81 bits per heavy atom. The highest BCUT2D eigenvalue weighted by Gasteiger charge is 2.38. The molecule has 1 amide bonds. The monoisotopic (exact) mass is 475 g/mol. The molecule has 0 aromatic heterocycles. The molecule has 0 radical (unpaired) electrons. The standard InChI is InChI=1S/C16H19BINO7/c1-3-5-13(20)19-12-8-10-6-4-7-11(14(10)26-17(12)23)15(21)24-9(2)25-16(18)22/h4,6-7,9,12,23H,3,5,8H2,1-2H3,(H,19,20)/t9?,12-/m0/s1. The van der Waals surface area contributed by atoms with Crippen LogP contribution in [0.1, 0.15) is 42.6 Å². The van der Waals surface area contributed by atoms with E-state index in [2.05, 4.69) is 5.32 Å². The molecule has 2 rings (SSSR count). The van der Waals surface area contributed by atoms with Crippen molar-refractivity contribution in [2.24, 2.45) is 0 Å². The number of hydrogen-bond acceptors (Lipinski definition) is 7. The number of halogens is 1. The Labute approximate surface area is 164 Å². The van der Waals surface area contributed by atoms with E-state index in [1.54, 1.807) is 12.1 Å². The van der Waals surface area contributed by atoms with E-state index in [0.717, 1.165) is 0 Å². The summed E-state index contributed by atoms with van der Waals surface area (Å²) in [6, 6.07) is 4.88. The third-order valence-corrected chi connectivity index (χ3v) is 3.95. The molecule has 2 atom stereocenters. The molecular weight excluding hydrogens is 456 g/mol. The summed E-state index contributed by atoms with van der Waals surface area (Å²) in [5.74, 6) is -1.33. The zero-order valence-electron chi connectivity index (χ0n) is 14.4. The van der Waals surface area contributed by atoms with E-state index < -0.39 is 29.3 Å². The second kappa shape index (κ2) is 9.22. The highest BCUT2D eigenvalue weighted by Crippen LogP contribution is 2.31. The first kappa shape index (κ1) is 20.5. The van der Waals surface area contributed by atoms with Crippen molar-refractivity contribution < 1.29 is 33.5 Å². The Balaban J connectivity index is 2.14. The highest BCUT2D eigenvalue weighted by atomic mass is 127. The van der Waals surface area contributed by atoms with Gasteiger partial charge in [0.15, 0.2) is 0 Å². The van der Waals surface area contributed by atoms with Crippen molar-refractivity contribution in [2.45, 2.75) is 45.3 Å². The van der Waals surface area contributed by atoms with Gasteiger partial charge in [0.2, 0.25) is 12.2 Å². The Kier molecular flexibility index (Phi) is 7.27. The van der Waals surface area contributed by atoms with Crippen molar-refractivity contribution in [3.8, 4) is 5.75 Å². The molecule has 10 heteroatoms. The molecule has 0 fully saturated rings. The van der Waals surface area contributed by atoms with Gasteiger partial charge in [-0.15, -0.1) is 0 Å². The van der Waals surface area contributed by atoms with Crippen molar-refractivity contribution in [1.82, 2.24) is 5.32 Å². The normalized spacial score (nSPS) is 16.8. The van der Waals surface area contributed by atoms with Gasteiger partial charge >= 0.3 is 17.1 Å². The lowest BCUT2D eigenvalue weighted by Crippen LogP contribution is -2.53. The maximum atomic E-state index is 12.3. The zero-order chi connectivity index (χ0) is 19.3. The van der Waals surface area contributed by atoms with Crippen molar-refractivity contribution in [1.29, 1.82) is 0 Å². The molecule has 0 saturated heterocycles. The van der Waals surface area contributed by atoms with E-state index in [0.29, 0.717) is 24.8 Å². The lowest BCUT2D eigenvalue weighted by atomic mass is 9.72. The zero-order valence-corrected chi connectivity index (χ0v) is 16.5. The largest absolute Gasteiger partial charge is 0.547 e. The van der Waals surface area contributed by atoms with Gasteiger partial charge in [-0.05, 0) is 24.5 Å². The molecule has 8 nitrogen and oxygen atoms in total. The van der Waals surface area contributed by atoms with Crippen LogP contribution in [0.25, 0.3) is 0 Å². The minimum absolute atomic E-state index is 0.108. The number of hydrogen-bond donors (Lipinski definition) is 2. The average molecular weight is 475 g/mol. The SMILES string of the molecule is CCCC(=O)N[C@H]1Cc2cccc(C(=O)OC(C)OC(=O)I)c2OB1O. The number of ether oxygens (including phenoxy) is 2. The van der Waals surface area contributed by atoms with E-state index in [4.69, 9.17) is 14.1 Å². The number of esters is 1. The molecular formula is C16H19BINO7. The Hall–Kier alpha value is -1.82. The third kappa shape index (κ3) is 5.34. The van der Waals surface area contributed by atoms with Crippen LogP contribution in [0, 0.1) is 0 Å². The van der Waals surface area contributed by atoms with Crippen LogP contribution in [0.4, 0.5) is 4.79 Å². The fraction of sp³-hybridized carbons (Fsp3) is 0.438. The van der Waals surface area contributed by atoms with Gasteiger partial charge < -0.3 is 24.5 Å². The minimum atomic E-state index is -1.29. The molecule has 26 heavy (non-hydrogen) atoms. The second-order valence-corrected chi connectivity index (χ2v) is 6.64. The fourth-order valence-electron chi connectivity index (χ4n) is 2.58. The number of fused-ring (bicyclic) bond motifs is 1. The van der Waals surface area contributed by atoms with Crippen LogP contribution in [0.3, 0.4) is 0 Å². The van der Waals surface area contributed by atoms with Crippen molar-refractivity contribution in [3.63, 3.8) is 0 Å². The second-order valence-electron chi connectivity index (χ2n) is 5.76. The van der Waals surface area contributed by atoms with Gasteiger partial charge in [0, 0.05) is 13.3 Å². The first-order chi connectivity index (χ1) is 12.3. The predicted molar refractivity (Wildman–Crippen MR) is 101 cm³/mol. The Morgan fingerprint density at radius 2 is 2.15 bits per heavy atom. The molecule has 1 unspecified atom stereocenters. The number of para-hydroxylation sites is 1. The summed E-state index contributed by atoms with van der Waals surface area (Å²) in [6.45, 7) is 3.30. The van der Waals surface area contributed by atoms with Crippen LogP contribution >= 0.6 is 22.6 Å². The van der Waals surface area contributed by atoms with Gasteiger partial charge in [0.25, 0.3) is 0 Å². The maximum Gasteiger partial charge on any atom is 0.547 e. The van der Waals surface area contributed by atoms with Crippen molar-refractivity contribution in [3.05, 3.63) is 29.3 Å². The minimum Gasteiger partial charge on any atom is -0.534 e. The van der Waals surface area contributed by atoms with E-state index in [1.165, 1.54) is 35.6 Å². The predicted octanol–water partition coefficient (Wildman–Crippen LogP) is 2.00. The Morgan fingerprint density at radius 1 is 1.42 bits per heavy atom. The number of benzene rings is 1. The Bertz CT molecular complexity index is 699. The number of nitrogens with one attached hydrogen (secondary N) is 1. The lowest BCUT2D eigenvalue weighted by molar-refractivity contribution is -0.121. The van der Waals surface area contributed by atoms with Crippen LogP contribution in [0.5, 0.6) is 5.75 Å². The van der Waals surface area contributed by atoms with Gasteiger partial charge in [-0.25, -0.2) is 9.59 Å². The van der Waals surface area contributed by atoms with Gasteiger partial charge in [-0.3, -0.25) is 4.79 Å². The number of carbonyl (C=O) groups excluding carboxylic acids is 3.